The molecule has 5 aromatic rings. The van der Waals surface area contributed by atoms with Gasteiger partial charge < -0.3 is 15.1 Å². The minimum atomic E-state index is -1.25. The zero-order chi connectivity index (χ0) is 33.2. The van der Waals surface area contributed by atoms with Crippen LogP contribution in [0, 0.1) is 11.6 Å². The first-order valence-electron chi connectivity index (χ1n) is 15.1. The van der Waals surface area contributed by atoms with Crippen molar-refractivity contribution in [2.45, 2.75) is 38.1 Å². The molecule has 1 heterocycles. The highest BCUT2D eigenvalue weighted by atomic mass is 35.5. The molecule has 4 aromatic carbocycles. The number of benzene rings is 4. The Balaban J connectivity index is 1.14. The number of amides is 2. The molecule has 5 rings (SSSR count). The van der Waals surface area contributed by atoms with Crippen LogP contribution >= 0.6 is 11.6 Å². The Kier molecular flexibility index (Phi) is 11.2. The smallest absolute Gasteiger partial charge is 0.284 e. The molecule has 1 unspecified atom stereocenters. The summed E-state index contributed by atoms with van der Waals surface area (Å²) in [5, 5.41) is 13.7. The van der Waals surface area contributed by atoms with E-state index in [1.807, 2.05) is 30.3 Å². The van der Waals surface area contributed by atoms with E-state index < -0.39 is 29.5 Å². The van der Waals surface area contributed by atoms with E-state index in [4.69, 9.17) is 16.0 Å². The van der Waals surface area contributed by atoms with Crippen LogP contribution in [0.5, 0.6) is 0 Å². The van der Waals surface area contributed by atoms with Crippen LogP contribution in [0.1, 0.15) is 52.3 Å². The van der Waals surface area contributed by atoms with Gasteiger partial charge in [0.05, 0.1) is 0 Å². The Bertz CT molecular complexity index is 1830. The maximum absolute atomic E-state index is 14.5. The summed E-state index contributed by atoms with van der Waals surface area (Å²) in [7, 11) is 0. The molecular formula is C36H31ClF2N4O4. The topological polar surface area (TPSA) is 114 Å². The average molecular weight is 657 g/mol. The number of rotatable bonds is 14. The molecule has 11 heteroatoms. The van der Waals surface area contributed by atoms with E-state index in [0.717, 1.165) is 23.3 Å². The van der Waals surface area contributed by atoms with Gasteiger partial charge in [-0.3, -0.25) is 14.4 Å². The van der Waals surface area contributed by atoms with Gasteiger partial charge in [0.2, 0.25) is 17.6 Å². The molecule has 0 aliphatic carbocycles. The lowest BCUT2D eigenvalue weighted by Crippen LogP contribution is -2.48. The van der Waals surface area contributed by atoms with E-state index in [2.05, 4.69) is 20.8 Å². The number of hydrogen-bond acceptors (Lipinski definition) is 6. The van der Waals surface area contributed by atoms with E-state index in [1.165, 1.54) is 6.07 Å². The largest absolute Gasteiger partial charge is 0.414 e. The van der Waals surface area contributed by atoms with Crippen LogP contribution < -0.4 is 10.6 Å². The maximum atomic E-state index is 14.5. The molecule has 0 aliphatic rings. The Morgan fingerprint density at radius 1 is 0.766 bits per heavy atom. The van der Waals surface area contributed by atoms with Crippen molar-refractivity contribution in [2.75, 3.05) is 6.54 Å². The van der Waals surface area contributed by atoms with Crippen molar-refractivity contribution in [3.8, 4) is 22.6 Å². The van der Waals surface area contributed by atoms with Gasteiger partial charge in [-0.2, -0.15) is 0 Å². The minimum Gasteiger partial charge on any atom is -0.414 e. The predicted molar refractivity (Wildman–Crippen MR) is 174 cm³/mol. The number of nitrogens with zero attached hydrogens (tertiary/aromatic N) is 2. The molecule has 0 saturated heterocycles. The van der Waals surface area contributed by atoms with Gasteiger partial charge in [-0.1, -0.05) is 66.6 Å². The quantitative estimate of drug-likeness (QED) is 0.0963. The number of hydrogen-bond donors (Lipinski definition) is 2. The monoisotopic (exact) mass is 656 g/mol. The molecule has 0 aliphatic heterocycles. The third-order valence-corrected chi connectivity index (χ3v) is 7.70. The number of carbonyl (C=O) groups is 3. The highest BCUT2D eigenvalue weighted by Gasteiger charge is 2.25. The zero-order valence-electron chi connectivity index (χ0n) is 25.2. The van der Waals surface area contributed by atoms with Crippen LogP contribution in [0.25, 0.3) is 22.6 Å². The first kappa shape index (κ1) is 33.2. The summed E-state index contributed by atoms with van der Waals surface area (Å²) in [6, 6.07) is 25.3. The summed E-state index contributed by atoms with van der Waals surface area (Å²) in [6.45, 7) is 0.228. The first-order chi connectivity index (χ1) is 22.8. The number of carbonyl (C=O) groups excluding carboxylic acids is 3. The van der Waals surface area contributed by atoms with Crippen molar-refractivity contribution in [3.05, 3.63) is 131 Å². The Morgan fingerprint density at radius 3 is 2.19 bits per heavy atom. The number of Topliss-reactive ketones (excluding diaryl/α,β-unsaturated/α-hetero) is 1. The van der Waals surface area contributed by atoms with Crippen LogP contribution in [0.2, 0.25) is 5.02 Å². The Morgan fingerprint density at radius 2 is 1.47 bits per heavy atom. The molecule has 0 spiro atoms. The lowest BCUT2D eigenvalue weighted by atomic mass is 10.0. The summed E-state index contributed by atoms with van der Waals surface area (Å²) in [4.78, 5) is 38.8. The van der Waals surface area contributed by atoms with Gasteiger partial charge in [0.15, 0.2) is 0 Å². The normalized spacial score (nSPS) is 11.6. The summed E-state index contributed by atoms with van der Waals surface area (Å²) >= 11 is 6.09. The standard InChI is InChI=1S/C36H31ClF2N4O4/c37-27-12-7-11-26(21-27)23-16-18-24(19-17-23)33(45)41-31(22-28-29(38)13-8-14-30(28)39)34(46)40-20-6-2-5-15-32(44)36-43-42-35(47-36)25-9-3-1-4-10-25/h1,3-4,7-14,16-19,21,31H,2,5-6,15,20,22H2,(H,40,46)(H,41,45). The SMILES string of the molecule is O=C(NC(Cc1c(F)cccc1F)C(=O)NCCCCCC(=O)c1nnc(-c2ccccc2)o1)c1ccc(-c2cccc(Cl)c2)cc1. The average Bonchev–Trinajstić information content (AvgIpc) is 3.58. The molecule has 47 heavy (non-hydrogen) atoms. The van der Waals surface area contributed by atoms with Crippen LogP contribution in [-0.2, 0) is 11.2 Å². The van der Waals surface area contributed by atoms with Crippen LogP contribution in [0.4, 0.5) is 8.78 Å². The molecule has 0 fully saturated rings. The molecule has 0 bridgehead atoms. The summed E-state index contributed by atoms with van der Waals surface area (Å²) in [5.74, 6) is -2.87. The van der Waals surface area contributed by atoms with Gasteiger partial charge in [-0.25, -0.2) is 8.78 Å². The summed E-state index contributed by atoms with van der Waals surface area (Å²) in [5.41, 5.74) is 2.38. The van der Waals surface area contributed by atoms with Crippen molar-refractivity contribution < 1.29 is 27.6 Å². The molecular weight excluding hydrogens is 626 g/mol. The van der Waals surface area contributed by atoms with E-state index in [1.54, 1.807) is 48.5 Å². The molecule has 8 nitrogen and oxygen atoms in total. The number of aromatic nitrogens is 2. The van der Waals surface area contributed by atoms with E-state index >= 15 is 0 Å². The number of ketones is 1. The fraction of sp³-hybridized carbons (Fsp3) is 0.194. The minimum absolute atomic E-state index is 0.0600. The van der Waals surface area contributed by atoms with Gasteiger partial charge in [0.1, 0.15) is 17.7 Å². The number of nitrogens with one attached hydrogen (secondary N) is 2. The second kappa shape index (κ2) is 15.9. The third-order valence-electron chi connectivity index (χ3n) is 7.46. The molecule has 0 radical (unpaired) electrons. The van der Waals surface area contributed by atoms with Crippen molar-refractivity contribution in [2.24, 2.45) is 0 Å². The number of unbranched alkanes of at least 4 members (excludes halogenated alkanes) is 2. The molecule has 2 amide bonds. The summed E-state index contributed by atoms with van der Waals surface area (Å²) in [6.07, 6.45) is 1.44. The second-order valence-corrected chi connectivity index (χ2v) is 11.3. The molecule has 2 N–H and O–H groups in total. The van der Waals surface area contributed by atoms with Crippen LogP contribution in [0.15, 0.2) is 101 Å². The second-order valence-electron chi connectivity index (χ2n) is 10.8. The number of halogens is 3. The van der Waals surface area contributed by atoms with Crippen molar-refractivity contribution in [1.82, 2.24) is 20.8 Å². The molecule has 1 atom stereocenters. The zero-order valence-corrected chi connectivity index (χ0v) is 26.0. The van der Waals surface area contributed by atoms with Crippen molar-refractivity contribution in [1.29, 1.82) is 0 Å². The molecule has 240 valence electrons. The highest BCUT2D eigenvalue weighted by Crippen LogP contribution is 2.23. The molecule has 1 aromatic heterocycles. The van der Waals surface area contributed by atoms with Crippen molar-refractivity contribution in [3.63, 3.8) is 0 Å². The fourth-order valence-corrected chi connectivity index (χ4v) is 5.12. The molecule has 0 saturated carbocycles. The lowest BCUT2D eigenvalue weighted by molar-refractivity contribution is -0.123. The van der Waals surface area contributed by atoms with Gasteiger partial charge >= 0.3 is 0 Å². The van der Waals surface area contributed by atoms with Crippen LogP contribution in [0.3, 0.4) is 0 Å². The van der Waals surface area contributed by atoms with E-state index in [-0.39, 0.29) is 48.1 Å². The van der Waals surface area contributed by atoms with Gasteiger partial charge in [0, 0.05) is 41.1 Å². The first-order valence-corrected chi connectivity index (χ1v) is 15.5. The van der Waals surface area contributed by atoms with Crippen LogP contribution in [-0.4, -0.2) is 40.4 Å². The highest BCUT2D eigenvalue weighted by molar-refractivity contribution is 6.30. The fourth-order valence-electron chi connectivity index (χ4n) is 4.93. The van der Waals surface area contributed by atoms with E-state index in [9.17, 15) is 23.2 Å². The predicted octanol–water partition coefficient (Wildman–Crippen LogP) is 7.24. The van der Waals surface area contributed by atoms with Gasteiger partial charge in [-0.05, 0) is 72.5 Å². The van der Waals surface area contributed by atoms with Gasteiger partial charge in [-0.15, -0.1) is 10.2 Å². The Hall–Kier alpha value is -5.22. The maximum Gasteiger partial charge on any atom is 0.284 e. The summed E-state index contributed by atoms with van der Waals surface area (Å²) < 4.78 is 34.5. The van der Waals surface area contributed by atoms with Crippen molar-refractivity contribution >= 4 is 29.2 Å². The Labute approximate surface area is 275 Å². The lowest BCUT2D eigenvalue weighted by Gasteiger charge is -2.19. The third kappa shape index (κ3) is 8.95. The van der Waals surface area contributed by atoms with E-state index in [0.29, 0.717) is 29.8 Å². The van der Waals surface area contributed by atoms with Gasteiger partial charge in [0.25, 0.3) is 11.8 Å².